The number of hydrogen-bond donors (Lipinski definition) is 2. The molecule has 5 heteroatoms. The summed E-state index contributed by atoms with van der Waals surface area (Å²) in [6.45, 7) is 3.46. The normalized spacial score (nSPS) is 15.9. The monoisotopic (exact) mass is 277 g/mol. The van der Waals surface area contributed by atoms with E-state index in [1.165, 1.54) is 12.8 Å². The molecule has 20 heavy (non-hydrogen) atoms. The molecule has 1 aliphatic carbocycles. The number of carbonyl (C=O) groups is 1. The molecule has 1 aliphatic rings. The minimum atomic E-state index is -0.447. The van der Waals surface area contributed by atoms with Crippen molar-refractivity contribution in [3.05, 3.63) is 23.8 Å². The first-order valence-electron chi connectivity index (χ1n) is 7.00. The molecule has 0 spiro atoms. The summed E-state index contributed by atoms with van der Waals surface area (Å²) in [5.41, 5.74) is 13.4. The minimum absolute atomic E-state index is 0.327. The number of methoxy groups -OCH3 is 1. The first kappa shape index (κ1) is 14.7. The number of nitrogens with zero attached hydrogens (tertiary/aromatic N) is 1. The zero-order valence-corrected chi connectivity index (χ0v) is 12.1. The zero-order chi connectivity index (χ0) is 14.7. The third-order valence-corrected chi connectivity index (χ3v) is 3.95. The fourth-order valence-corrected chi connectivity index (χ4v) is 2.62. The van der Waals surface area contributed by atoms with Gasteiger partial charge in [0.1, 0.15) is 0 Å². The molecule has 1 amide bonds. The minimum Gasteiger partial charge on any atom is -0.397 e. The number of benzene rings is 1. The SMILES string of the molecule is COCCN(c1c(N)cccc1C(N)=O)C(C)C1CC1. The van der Waals surface area contributed by atoms with E-state index in [4.69, 9.17) is 16.2 Å². The molecular weight excluding hydrogens is 254 g/mol. The first-order valence-corrected chi connectivity index (χ1v) is 7.00. The molecule has 0 aliphatic heterocycles. The van der Waals surface area contributed by atoms with Crippen molar-refractivity contribution in [3.8, 4) is 0 Å². The third kappa shape index (κ3) is 3.04. The van der Waals surface area contributed by atoms with Gasteiger partial charge in [0.2, 0.25) is 0 Å². The Kier molecular flexibility index (Phi) is 4.49. The van der Waals surface area contributed by atoms with Crippen LogP contribution < -0.4 is 16.4 Å². The molecule has 4 N–H and O–H groups in total. The van der Waals surface area contributed by atoms with Gasteiger partial charge in [0, 0.05) is 19.7 Å². The molecule has 0 bridgehead atoms. The Morgan fingerprint density at radius 3 is 2.75 bits per heavy atom. The van der Waals surface area contributed by atoms with Gasteiger partial charge in [-0.1, -0.05) is 6.07 Å². The van der Waals surface area contributed by atoms with Gasteiger partial charge in [0.05, 0.1) is 23.5 Å². The molecule has 1 saturated carbocycles. The third-order valence-electron chi connectivity index (χ3n) is 3.95. The van der Waals surface area contributed by atoms with E-state index in [1.54, 1.807) is 25.3 Å². The van der Waals surface area contributed by atoms with Crippen molar-refractivity contribution in [2.45, 2.75) is 25.8 Å². The second kappa shape index (κ2) is 6.13. The van der Waals surface area contributed by atoms with Crippen LogP contribution in [-0.4, -0.2) is 32.2 Å². The molecular formula is C15H23N3O2. The molecule has 0 saturated heterocycles. The van der Waals surface area contributed by atoms with Gasteiger partial charge in [0.25, 0.3) is 5.91 Å². The number of amides is 1. The predicted molar refractivity (Wildman–Crippen MR) is 80.8 cm³/mol. The molecule has 1 unspecified atom stereocenters. The van der Waals surface area contributed by atoms with Crippen LogP contribution >= 0.6 is 0 Å². The highest BCUT2D eigenvalue weighted by molar-refractivity contribution is 6.01. The highest BCUT2D eigenvalue weighted by Gasteiger charge is 2.33. The summed E-state index contributed by atoms with van der Waals surface area (Å²) < 4.78 is 5.19. The van der Waals surface area contributed by atoms with Crippen LogP contribution in [0.4, 0.5) is 11.4 Å². The van der Waals surface area contributed by atoms with Crippen molar-refractivity contribution < 1.29 is 9.53 Å². The number of para-hydroxylation sites is 1. The maximum Gasteiger partial charge on any atom is 0.250 e. The topological polar surface area (TPSA) is 81.6 Å². The van der Waals surface area contributed by atoms with Gasteiger partial charge in [-0.25, -0.2) is 0 Å². The second-order valence-electron chi connectivity index (χ2n) is 5.37. The molecule has 1 aromatic carbocycles. The number of hydrogen-bond acceptors (Lipinski definition) is 4. The number of nitrogens with two attached hydrogens (primary N) is 2. The lowest BCUT2D eigenvalue weighted by atomic mass is 10.1. The predicted octanol–water partition coefficient (Wildman–Crippen LogP) is 1.62. The number of carbonyl (C=O) groups excluding carboxylic acids is 1. The van der Waals surface area contributed by atoms with Crippen molar-refractivity contribution in [3.63, 3.8) is 0 Å². The average Bonchev–Trinajstić information content (AvgIpc) is 3.24. The Bertz CT molecular complexity index is 486. The number of ether oxygens (including phenoxy) is 1. The molecule has 2 rings (SSSR count). The van der Waals surface area contributed by atoms with Crippen LogP contribution in [0.5, 0.6) is 0 Å². The summed E-state index contributed by atoms with van der Waals surface area (Å²) in [4.78, 5) is 13.8. The smallest absolute Gasteiger partial charge is 0.250 e. The van der Waals surface area contributed by atoms with E-state index >= 15 is 0 Å². The molecule has 0 aromatic heterocycles. The van der Waals surface area contributed by atoms with Gasteiger partial charge in [-0.05, 0) is 37.8 Å². The highest BCUT2D eigenvalue weighted by atomic mass is 16.5. The van der Waals surface area contributed by atoms with E-state index in [-0.39, 0.29) is 0 Å². The molecule has 1 fully saturated rings. The van der Waals surface area contributed by atoms with E-state index in [2.05, 4.69) is 11.8 Å². The van der Waals surface area contributed by atoms with Crippen molar-refractivity contribution >= 4 is 17.3 Å². The lowest BCUT2D eigenvalue weighted by Crippen LogP contribution is -2.39. The zero-order valence-electron chi connectivity index (χ0n) is 12.1. The molecule has 0 heterocycles. The lowest BCUT2D eigenvalue weighted by Gasteiger charge is -2.33. The lowest BCUT2D eigenvalue weighted by molar-refractivity contribution is 0.100. The Morgan fingerprint density at radius 2 is 2.20 bits per heavy atom. The van der Waals surface area contributed by atoms with E-state index in [9.17, 15) is 4.79 Å². The van der Waals surface area contributed by atoms with E-state index < -0.39 is 5.91 Å². The molecule has 1 aromatic rings. The van der Waals surface area contributed by atoms with Crippen LogP contribution in [0.3, 0.4) is 0 Å². The van der Waals surface area contributed by atoms with Crippen molar-refractivity contribution in [2.75, 3.05) is 30.9 Å². The van der Waals surface area contributed by atoms with Crippen LogP contribution in [-0.2, 0) is 4.74 Å². The van der Waals surface area contributed by atoms with E-state index in [0.717, 1.165) is 5.69 Å². The van der Waals surface area contributed by atoms with Crippen LogP contribution in [0.2, 0.25) is 0 Å². The highest BCUT2D eigenvalue weighted by Crippen LogP contribution is 2.39. The van der Waals surface area contributed by atoms with Crippen LogP contribution in [0.15, 0.2) is 18.2 Å². The van der Waals surface area contributed by atoms with Crippen molar-refractivity contribution in [2.24, 2.45) is 11.7 Å². The summed E-state index contributed by atoms with van der Waals surface area (Å²) in [7, 11) is 1.67. The fourth-order valence-electron chi connectivity index (χ4n) is 2.62. The van der Waals surface area contributed by atoms with Crippen molar-refractivity contribution in [1.82, 2.24) is 0 Å². The molecule has 1 atom stereocenters. The van der Waals surface area contributed by atoms with E-state index in [0.29, 0.717) is 36.4 Å². The van der Waals surface area contributed by atoms with Gasteiger partial charge in [-0.3, -0.25) is 4.79 Å². The Hall–Kier alpha value is -1.75. The molecule has 5 nitrogen and oxygen atoms in total. The summed E-state index contributed by atoms with van der Waals surface area (Å²) in [5.74, 6) is 0.213. The van der Waals surface area contributed by atoms with Crippen molar-refractivity contribution in [1.29, 1.82) is 0 Å². The fraction of sp³-hybridized carbons (Fsp3) is 0.533. The molecule has 0 radical (unpaired) electrons. The Labute approximate surface area is 119 Å². The standard InChI is InChI=1S/C15H23N3O2/c1-10(11-6-7-11)18(8-9-20-2)14-12(15(17)19)4-3-5-13(14)16/h3-5,10-11H,6-9,16H2,1-2H3,(H2,17,19). The summed E-state index contributed by atoms with van der Waals surface area (Å²) in [6, 6.07) is 5.62. The quantitative estimate of drug-likeness (QED) is 0.742. The van der Waals surface area contributed by atoms with Gasteiger partial charge in [-0.15, -0.1) is 0 Å². The second-order valence-corrected chi connectivity index (χ2v) is 5.37. The number of nitrogen functional groups attached to an aromatic ring is 1. The number of primary amides is 1. The summed E-state index contributed by atoms with van der Waals surface area (Å²) >= 11 is 0. The van der Waals surface area contributed by atoms with Gasteiger partial charge < -0.3 is 21.1 Å². The average molecular weight is 277 g/mol. The van der Waals surface area contributed by atoms with Crippen LogP contribution in [0.1, 0.15) is 30.1 Å². The maximum atomic E-state index is 11.7. The molecule has 110 valence electrons. The summed E-state index contributed by atoms with van der Waals surface area (Å²) in [6.07, 6.45) is 2.45. The van der Waals surface area contributed by atoms with Crippen LogP contribution in [0.25, 0.3) is 0 Å². The Balaban J connectivity index is 2.38. The van der Waals surface area contributed by atoms with Gasteiger partial charge in [-0.2, -0.15) is 0 Å². The van der Waals surface area contributed by atoms with E-state index in [1.807, 2.05) is 0 Å². The number of anilines is 2. The maximum absolute atomic E-state index is 11.7. The first-order chi connectivity index (χ1) is 9.56. The Morgan fingerprint density at radius 1 is 1.50 bits per heavy atom. The van der Waals surface area contributed by atoms with Gasteiger partial charge >= 0.3 is 0 Å². The largest absolute Gasteiger partial charge is 0.397 e. The summed E-state index contributed by atoms with van der Waals surface area (Å²) in [5, 5.41) is 0. The number of rotatable bonds is 7. The van der Waals surface area contributed by atoms with Crippen LogP contribution in [0, 0.1) is 5.92 Å². The van der Waals surface area contributed by atoms with Gasteiger partial charge in [0.15, 0.2) is 0 Å².